The largest absolute Gasteiger partial charge is 0.497 e. The Morgan fingerprint density at radius 1 is 1.08 bits per heavy atom. The first-order valence-corrected chi connectivity index (χ1v) is 9.01. The Balaban J connectivity index is 1.70. The summed E-state index contributed by atoms with van der Waals surface area (Å²) in [6.07, 6.45) is 4.75. The van der Waals surface area contributed by atoms with Crippen LogP contribution in [0.2, 0.25) is 0 Å². The average molecular weight is 347 g/mol. The molecule has 1 aliphatic heterocycles. The molecule has 6 heteroatoms. The highest BCUT2D eigenvalue weighted by Crippen LogP contribution is 2.12. The first-order valence-electron chi connectivity index (χ1n) is 9.01. The van der Waals surface area contributed by atoms with Crippen molar-refractivity contribution in [3.05, 3.63) is 29.8 Å². The molecule has 1 aromatic carbocycles. The summed E-state index contributed by atoms with van der Waals surface area (Å²) in [5.74, 6) is 0.513. The van der Waals surface area contributed by atoms with Crippen LogP contribution >= 0.6 is 0 Å². The van der Waals surface area contributed by atoms with Gasteiger partial charge in [-0.1, -0.05) is 25.0 Å². The van der Waals surface area contributed by atoms with Gasteiger partial charge in [-0.15, -0.1) is 0 Å². The minimum Gasteiger partial charge on any atom is -0.497 e. The van der Waals surface area contributed by atoms with Crippen LogP contribution in [0.4, 0.5) is 0 Å². The van der Waals surface area contributed by atoms with Crippen molar-refractivity contribution in [2.45, 2.75) is 45.2 Å². The quantitative estimate of drug-likeness (QED) is 0.787. The van der Waals surface area contributed by atoms with Gasteiger partial charge in [0.1, 0.15) is 5.75 Å². The van der Waals surface area contributed by atoms with Gasteiger partial charge in [0.25, 0.3) is 0 Å². The molecule has 138 valence electrons. The molecule has 6 nitrogen and oxygen atoms in total. The van der Waals surface area contributed by atoms with Crippen molar-refractivity contribution in [3.8, 4) is 5.75 Å². The summed E-state index contributed by atoms with van der Waals surface area (Å²) in [6.45, 7) is 4.26. The molecule has 2 N–H and O–H groups in total. The van der Waals surface area contributed by atoms with Crippen LogP contribution in [-0.4, -0.2) is 49.5 Å². The maximum Gasteiger partial charge on any atom is 0.239 e. The predicted octanol–water partition coefficient (Wildman–Crippen LogP) is 1.69. The van der Waals surface area contributed by atoms with Gasteiger partial charge in [0.05, 0.1) is 19.7 Å². The van der Waals surface area contributed by atoms with E-state index < -0.39 is 0 Å². The van der Waals surface area contributed by atoms with Crippen molar-refractivity contribution in [1.29, 1.82) is 0 Å². The second kappa shape index (κ2) is 10.0. The molecule has 2 amide bonds. The fourth-order valence-corrected chi connectivity index (χ4v) is 2.97. The van der Waals surface area contributed by atoms with E-state index in [2.05, 4.69) is 15.5 Å². The third-order valence-electron chi connectivity index (χ3n) is 4.64. The number of methoxy groups -OCH3 is 1. The Kier molecular flexibility index (Phi) is 7.73. The van der Waals surface area contributed by atoms with E-state index in [1.54, 1.807) is 7.11 Å². The third-order valence-corrected chi connectivity index (χ3v) is 4.64. The van der Waals surface area contributed by atoms with E-state index in [0.717, 1.165) is 37.2 Å². The van der Waals surface area contributed by atoms with E-state index in [9.17, 15) is 9.59 Å². The summed E-state index contributed by atoms with van der Waals surface area (Å²) >= 11 is 0. The molecular formula is C19H29N3O3. The molecule has 25 heavy (non-hydrogen) atoms. The molecule has 0 aromatic heterocycles. The van der Waals surface area contributed by atoms with Crippen LogP contribution in [0, 0.1) is 0 Å². The lowest BCUT2D eigenvalue weighted by molar-refractivity contribution is -0.129. The van der Waals surface area contributed by atoms with Gasteiger partial charge in [0.15, 0.2) is 0 Å². The molecule has 2 rings (SSSR count). The molecule has 1 fully saturated rings. The van der Waals surface area contributed by atoms with Gasteiger partial charge in [-0.2, -0.15) is 0 Å². The first kappa shape index (κ1) is 19.2. The lowest BCUT2D eigenvalue weighted by atomic mass is 10.2. The predicted molar refractivity (Wildman–Crippen MR) is 97.4 cm³/mol. The average Bonchev–Trinajstić information content (AvgIpc) is 2.93. The fourth-order valence-electron chi connectivity index (χ4n) is 2.97. The van der Waals surface area contributed by atoms with Crippen molar-refractivity contribution >= 4 is 11.8 Å². The number of likely N-dealkylation sites (tertiary alicyclic amines) is 1. The van der Waals surface area contributed by atoms with Crippen molar-refractivity contribution in [2.75, 3.05) is 26.7 Å². The normalized spacial score (nSPS) is 16.6. The number of nitrogens with one attached hydrogen (secondary N) is 2. The highest BCUT2D eigenvalue weighted by atomic mass is 16.5. The van der Waals surface area contributed by atoms with Crippen LogP contribution in [0.5, 0.6) is 5.75 Å². The van der Waals surface area contributed by atoms with Crippen molar-refractivity contribution in [2.24, 2.45) is 0 Å². The van der Waals surface area contributed by atoms with Gasteiger partial charge in [-0.25, -0.2) is 0 Å². The van der Waals surface area contributed by atoms with Gasteiger partial charge in [-0.3, -0.25) is 14.5 Å². The van der Waals surface area contributed by atoms with Gasteiger partial charge >= 0.3 is 0 Å². The molecule has 1 atom stereocenters. The number of benzene rings is 1. The molecule has 1 heterocycles. The number of carbonyl (C=O) groups is 2. The van der Waals surface area contributed by atoms with Gasteiger partial charge in [0, 0.05) is 6.54 Å². The Hall–Kier alpha value is -2.08. The molecule has 0 bridgehead atoms. The molecule has 1 aliphatic rings. The van der Waals surface area contributed by atoms with E-state index in [4.69, 9.17) is 4.74 Å². The van der Waals surface area contributed by atoms with Crippen molar-refractivity contribution in [1.82, 2.24) is 15.5 Å². The van der Waals surface area contributed by atoms with Crippen LogP contribution in [-0.2, 0) is 16.1 Å². The summed E-state index contributed by atoms with van der Waals surface area (Å²) in [5, 5.41) is 5.55. The van der Waals surface area contributed by atoms with Gasteiger partial charge in [-0.05, 0) is 50.6 Å². The van der Waals surface area contributed by atoms with Gasteiger partial charge < -0.3 is 15.4 Å². The fraction of sp³-hybridized carbons (Fsp3) is 0.579. The van der Waals surface area contributed by atoms with E-state index in [1.807, 2.05) is 31.2 Å². The number of ether oxygens (including phenoxy) is 1. The Morgan fingerprint density at radius 2 is 1.72 bits per heavy atom. The monoisotopic (exact) mass is 347 g/mol. The highest BCUT2D eigenvalue weighted by Gasteiger charge is 2.22. The highest BCUT2D eigenvalue weighted by molar-refractivity contribution is 5.87. The van der Waals surface area contributed by atoms with E-state index in [-0.39, 0.29) is 24.4 Å². The second-order valence-electron chi connectivity index (χ2n) is 6.47. The zero-order valence-corrected chi connectivity index (χ0v) is 15.2. The lowest BCUT2D eigenvalue weighted by Crippen LogP contribution is -2.47. The summed E-state index contributed by atoms with van der Waals surface area (Å²) in [6, 6.07) is 7.32. The number of amides is 2. The van der Waals surface area contributed by atoms with Crippen LogP contribution in [0.1, 0.15) is 38.2 Å². The number of carbonyl (C=O) groups excluding carboxylic acids is 2. The number of rotatable bonds is 7. The zero-order chi connectivity index (χ0) is 18.1. The molecule has 0 unspecified atom stereocenters. The van der Waals surface area contributed by atoms with Crippen LogP contribution in [0.25, 0.3) is 0 Å². The molecule has 1 saturated heterocycles. The first-order chi connectivity index (χ1) is 12.1. The zero-order valence-electron chi connectivity index (χ0n) is 15.2. The molecule has 0 spiro atoms. The van der Waals surface area contributed by atoms with E-state index >= 15 is 0 Å². The van der Waals surface area contributed by atoms with Gasteiger partial charge in [0.2, 0.25) is 11.8 Å². The van der Waals surface area contributed by atoms with E-state index in [0.29, 0.717) is 6.54 Å². The Bertz CT molecular complexity index is 552. The maximum atomic E-state index is 12.3. The Morgan fingerprint density at radius 3 is 2.32 bits per heavy atom. The minimum atomic E-state index is -0.188. The lowest BCUT2D eigenvalue weighted by Gasteiger charge is -2.26. The van der Waals surface area contributed by atoms with Crippen molar-refractivity contribution in [3.63, 3.8) is 0 Å². The standard InChI is InChI=1S/C19H29N3O3/c1-15(22-11-5-3-4-6-12-22)19(24)21-14-18(23)20-13-16-7-9-17(25-2)10-8-16/h7-10,15H,3-6,11-14H2,1-2H3,(H,20,23)(H,21,24)/t15-/m1/s1. The number of nitrogens with zero attached hydrogens (tertiary/aromatic N) is 1. The molecule has 1 aromatic rings. The maximum absolute atomic E-state index is 12.3. The molecule has 0 radical (unpaired) electrons. The minimum absolute atomic E-state index is 0.00711. The van der Waals surface area contributed by atoms with Crippen molar-refractivity contribution < 1.29 is 14.3 Å². The molecular weight excluding hydrogens is 318 g/mol. The smallest absolute Gasteiger partial charge is 0.239 e. The Labute approximate surface area is 149 Å². The van der Waals surface area contributed by atoms with Crippen LogP contribution in [0.3, 0.4) is 0 Å². The molecule has 0 saturated carbocycles. The number of hydrogen-bond acceptors (Lipinski definition) is 4. The van der Waals surface area contributed by atoms with E-state index in [1.165, 1.54) is 12.8 Å². The SMILES string of the molecule is COc1ccc(CNC(=O)CNC(=O)[C@@H](C)N2CCCCCC2)cc1. The summed E-state index contributed by atoms with van der Waals surface area (Å²) < 4.78 is 5.10. The third kappa shape index (κ3) is 6.38. The summed E-state index contributed by atoms with van der Waals surface area (Å²) in [4.78, 5) is 26.4. The van der Waals surface area contributed by atoms with Crippen LogP contribution < -0.4 is 15.4 Å². The summed E-state index contributed by atoms with van der Waals surface area (Å²) in [5.41, 5.74) is 0.985. The second-order valence-corrected chi connectivity index (χ2v) is 6.47. The summed E-state index contributed by atoms with van der Waals surface area (Å²) in [7, 11) is 1.62. The topological polar surface area (TPSA) is 70.7 Å². The number of hydrogen-bond donors (Lipinski definition) is 2. The van der Waals surface area contributed by atoms with Crippen LogP contribution in [0.15, 0.2) is 24.3 Å². The molecule has 0 aliphatic carbocycles.